The van der Waals surface area contributed by atoms with E-state index in [0.717, 1.165) is 41.5 Å². The minimum Gasteiger partial charge on any atom is -0.481 e. The molecule has 178 valence electrons. The number of benzene rings is 2. The number of rotatable bonds is 6. The van der Waals surface area contributed by atoms with Crippen LogP contribution in [-0.2, 0) is 14.3 Å². The molecule has 0 radical (unpaired) electrons. The molecule has 0 bridgehead atoms. The lowest BCUT2D eigenvalue weighted by Gasteiger charge is -2.42. The number of aliphatic carboxylic acids is 1. The molecule has 2 aromatic rings. The first-order valence-electron chi connectivity index (χ1n) is 12.2. The van der Waals surface area contributed by atoms with Gasteiger partial charge in [0.1, 0.15) is 12.1 Å². The number of carbonyl (C=O) groups is 3. The molecule has 0 aromatic heterocycles. The highest BCUT2D eigenvalue weighted by Gasteiger charge is 2.47. The van der Waals surface area contributed by atoms with Gasteiger partial charge in [0.15, 0.2) is 0 Å². The van der Waals surface area contributed by atoms with E-state index in [1.54, 1.807) is 0 Å². The highest BCUT2D eigenvalue weighted by atomic mass is 16.5. The number of hydrogen-bond acceptors (Lipinski definition) is 4. The summed E-state index contributed by atoms with van der Waals surface area (Å²) in [6.07, 6.45) is 4.20. The molecule has 0 saturated heterocycles. The lowest BCUT2D eigenvalue weighted by Crippen LogP contribution is -2.65. The van der Waals surface area contributed by atoms with Crippen LogP contribution in [-0.4, -0.2) is 41.3 Å². The molecular formula is C27H30N2O5. The minimum atomic E-state index is -1.02. The van der Waals surface area contributed by atoms with E-state index in [-0.39, 0.29) is 18.4 Å². The molecule has 0 unspecified atom stereocenters. The van der Waals surface area contributed by atoms with E-state index in [9.17, 15) is 19.5 Å². The molecule has 7 nitrogen and oxygen atoms in total. The molecule has 7 heteroatoms. The number of alkyl carbamates (subject to hydrolysis) is 1. The van der Waals surface area contributed by atoms with Gasteiger partial charge in [0.25, 0.3) is 0 Å². The van der Waals surface area contributed by atoms with Crippen molar-refractivity contribution < 1.29 is 24.2 Å². The van der Waals surface area contributed by atoms with Crippen LogP contribution in [0.1, 0.15) is 62.0 Å². The van der Waals surface area contributed by atoms with Crippen LogP contribution in [0.5, 0.6) is 0 Å². The number of fused-ring (bicyclic) bond motifs is 3. The molecule has 3 aliphatic rings. The summed E-state index contributed by atoms with van der Waals surface area (Å²) in [5.41, 5.74) is 3.54. The van der Waals surface area contributed by atoms with E-state index in [4.69, 9.17) is 4.74 Å². The predicted molar refractivity (Wildman–Crippen MR) is 126 cm³/mol. The third kappa shape index (κ3) is 4.04. The summed E-state index contributed by atoms with van der Waals surface area (Å²) < 4.78 is 5.65. The minimum absolute atomic E-state index is 0.0529. The topological polar surface area (TPSA) is 105 Å². The second kappa shape index (κ2) is 9.12. The van der Waals surface area contributed by atoms with E-state index >= 15 is 0 Å². The molecule has 2 aromatic carbocycles. The third-order valence-corrected chi connectivity index (χ3v) is 7.73. The van der Waals surface area contributed by atoms with Crippen LogP contribution in [0.4, 0.5) is 4.79 Å². The summed E-state index contributed by atoms with van der Waals surface area (Å²) >= 11 is 0. The lowest BCUT2D eigenvalue weighted by molar-refractivity contribution is -0.144. The Kier molecular flexibility index (Phi) is 6.02. The summed E-state index contributed by atoms with van der Waals surface area (Å²) in [5.74, 6) is -1.81. The summed E-state index contributed by atoms with van der Waals surface area (Å²) in [7, 11) is 0. The molecular weight excluding hydrogens is 432 g/mol. The number of amides is 2. The number of ether oxygens (including phenoxy) is 1. The van der Waals surface area contributed by atoms with Gasteiger partial charge in [-0.05, 0) is 54.4 Å². The zero-order valence-corrected chi connectivity index (χ0v) is 19.1. The number of carboxylic acids is 1. The largest absolute Gasteiger partial charge is 0.481 e. The Labute approximate surface area is 198 Å². The average molecular weight is 463 g/mol. The molecule has 0 aliphatic heterocycles. The Hall–Kier alpha value is -3.35. The molecule has 3 N–H and O–H groups in total. The zero-order valence-electron chi connectivity index (χ0n) is 19.1. The molecule has 34 heavy (non-hydrogen) atoms. The standard InChI is InChI=1S/C27H30N2O5/c30-24(31)21-12-5-6-13-23(21)28-25(32)27(14-7-15-27)29-26(33)34-16-22-19-10-3-1-8-17(19)18-9-2-4-11-20(18)22/h1-4,8-11,21-23H,5-7,12-16H2,(H,28,32)(H,29,33)(H,30,31)/t21-,23+/m0/s1. The Balaban J connectivity index is 1.23. The maximum Gasteiger partial charge on any atom is 0.408 e. The van der Waals surface area contributed by atoms with Gasteiger partial charge in [-0.1, -0.05) is 61.4 Å². The quantitative estimate of drug-likeness (QED) is 0.597. The fraction of sp³-hybridized carbons (Fsp3) is 0.444. The van der Waals surface area contributed by atoms with Gasteiger partial charge >= 0.3 is 12.1 Å². The first kappa shape index (κ1) is 22.4. The predicted octanol–water partition coefficient (Wildman–Crippen LogP) is 4.21. The number of nitrogens with one attached hydrogen (secondary N) is 2. The van der Waals surface area contributed by atoms with Crippen LogP contribution in [0.25, 0.3) is 11.1 Å². The normalized spacial score (nSPS) is 22.6. The van der Waals surface area contributed by atoms with Crippen molar-refractivity contribution in [2.45, 2.75) is 62.4 Å². The van der Waals surface area contributed by atoms with Gasteiger partial charge in [0.2, 0.25) is 5.91 Å². The van der Waals surface area contributed by atoms with Crippen LogP contribution in [0, 0.1) is 5.92 Å². The number of carbonyl (C=O) groups excluding carboxylic acids is 2. The molecule has 0 spiro atoms. The maximum atomic E-state index is 13.1. The van der Waals surface area contributed by atoms with Crippen molar-refractivity contribution in [1.82, 2.24) is 10.6 Å². The van der Waals surface area contributed by atoms with Crippen LogP contribution in [0.15, 0.2) is 48.5 Å². The monoisotopic (exact) mass is 462 g/mol. The summed E-state index contributed by atoms with van der Waals surface area (Å²) in [6.45, 7) is 0.182. The number of carboxylic acid groups (broad SMARTS) is 1. The SMILES string of the molecule is O=C(NC1(C(=O)N[C@@H]2CCCC[C@@H]2C(=O)O)CCC1)OCC1c2ccccc2-c2ccccc21. The maximum absolute atomic E-state index is 13.1. The van der Waals surface area contributed by atoms with Gasteiger partial charge in [0.05, 0.1) is 5.92 Å². The van der Waals surface area contributed by atoms with Gasteiger partial charge in [-0.15, -0.1) is 0 Å². The fourth-order valence-electron chi connectivity index (χ4n) is 5.67. The van der Waals surface area contributed by atoms with Crippen molar-refractivity contribution in [3.8, 4) is 11.1 Å². The second-order valence-electron chi connectivity index (χ2n) is 9.70. The Morgan fingerprint density at radius 3 is 2.12 bits per heavy atom. The van der Waals surface area contributed by atoms with Crippen molar-refractivity contribution in [2.24, 2.45) is 5.92 Å². The Morgan fingerprint density at radius 1 is 0.912 bits per heavy atom. The van der Waals surface area contributed by atoms with Gasteiger partial charge in [-0.25, -0.2) is 4.79 Å². The molecule has 3 aliphatic carbocycles. The van der Waals surface area contributed by atoms with E-state index in [1.807, 2.05) is 24.3 Å². The third-order valence-electron chi connectivity index (χ3n) is 7.73. The Bertz CT molecular complexity index is 1060. The second-order valence-corrected chi connectivity index (χ2v) is 9.70. The Morgan fingerprint density at radius 2 is 1.53 bits per heavy atom. The molecule has 0 heterocycles. The molecule has 2 atom stereocenters. The van der Waals surface area contributed by atoms with Crippen molar-refractivity contribution >= 4 is 18.0 Å². The van der Waals surface area contributed by atoms with Crippen molar-refractivity contribution in [2.75, 3.05) is 6.61 Å². The van der Waals surface area contributed by atoms with Crippen molar-refractivity contribution in [3.63, 3.8) is 0 Å². The van der Waals surface area contributed by atoms with Gasteiger partial charge < -0.3 is 20.5 Å². The van der Waals surface area contributed by atoms with E-state index in [0.29, 0.717) is 25.7 Å². The van der Waals surface area contributed by atoms with Gasteiger partial charge in [-0.3, -0.25) is 9.59 Å². The van der Waals surface area contributed by atoms with E-state index in [1.165, 1.54) is 0 Å². The smallest absolute Gasteiger partial charge is 0.408 e. The molecule has 2 amide bonds. The molecule has 5 rings (SSSR count). The van der Waals surface area contributed by atoms with Crippen LogP contribution >= 0.6 is 0 Å². The van der Waals surface area contributed by atoms with Crippen LogP contribution in [0.2, 0.25) is 0 Å². The lowest BCUT2D eigenvalue weighted by atomic mass is 9.75. The van der Waals surface area contributed by atoms with Gasteiger partial charge in [0, 0.05) is 12.0 Å². The first-order chi connectivity index (χ1) is 16.5. The van der Waals surface area contributed by atoms with Gasteiger partial charge in [-0.2, -0.15) is 0 Å². The molecule has 2 fully saturated rings. The summed E-state index contributed by atoms with van der Waals surface area (Å²) in [4.78, 5) is 37.5. The van der Waals surface area contributed by atoms with Crippen molar-refractivity contribution in [1.29, 1.82) is 0 Å². The fourth-order valence-corrected chi connectivity index (χ4v) is 5.67. The summed E-state index contributed by atoms with van der Waals surface area (Å²) in [6, 6.07) is 15.9. The highest BCUT2D eigenvalue weighted by molar-refractivity contribution is 5.91. The van der Waals surface area contributed by atoms with Crippen molar-refractivity contribution in [3.05, 3.63) is 59.7 Å². The first-order valence-corrected chi connectivity index (χ1v) is 12.2. The van der Waals surface area contributed by atoms with E-state index in [2.05, 4.69) is 34.9 Å². The van der Waals surface area contributed by atoms with E-state index < -0.39 is 29.6 Å². The zero-order chi connectivity index (χ0) is 23.7. The average Bonchev–Trinajstić information content (AvgIpc) is 3.14. The highest BCUT2D eigenvalue weighted by Crippen LogP contribution is 2.44. The molecule has 2 saturated carbocycles. The number of hydrogen-bond donors (Lipinski definition) is 3. The van der Waals surface area contributed by atoms with Crippen LogP contribution < -0.4 is 10.6 Å². The summed E-state index contributed by atoms with van der Waals surface area (Å²) in [5, 5.41) is 15.3. The van der Waals surface area contributed by atoms with Crippen LogP contribution in [0.3, 0.4) is 0 Å².